The van der Waals surface area contributed by atoms with Gasteiger partial charge in [0.05, 0.1) is 0 Å². The van der Waals surface area contributed by atoms with Crippen LogP contribution in [0.2, 0.25) is 0 Å². The van der Waals surface area contributed by atoms with Crippen molar-refractivity contribution in [1.82, 2.24) is 9.97 Å². The number of piperidine rings is 1. The summed E-state index contributed by atoms with van der Waals surface area (Å²) in [5.74, 6) is 0.750. The number of rotatable bonds is 2. The average molecular weight is 209 g/mol. The summed E-state index contributed by atoms with van der Waals surface area (Å²) in [6.07, 6.45) is 6.41. The molecule has 0 radical (unpaired) electrons. The Balaban J connectivity index is 2.04. The molecule has 1 aliphatic heterocycles. The van der Waals surface area contributed by atoms with Crippen LogP contribution < -0.4 is 4.90 Å². The van der Waals surface area contributed by atoms with Gasteiger partial charge in [-0.15, -0.1) is 0 Å². The molecule has 4 heteroatoms. The second-order valence-electron chi connectivity index (χ2n) is 4.01. The summed E-state index contributed by atoms with van der Waals surface area (Å²) in [5.41, 5.74) is 0. The first kappa shape index (κ1) is 10.3. The maximum absolute atomic E-state index is 13.3. The van der Waals surface area contributed by atoms with Gasteiger partial charge < -0.3 is 4.90 Å². The number of halogens is 1. The van der Waals surface area contributed by atoms with Crippen LogP contribution in [0.15, 0.2) is 12.4 Å². The van der Waals surface area contributed by atoms with E-state index >= 15 is 0 Å². The van der Waals surface area contributed by atoms with Gasteiger partial charge in [0.15, 0.2) is 5.82 Å². The summed E-state index contributed by atoms with van der Waals surface area (Å²) < 4.78 is 13.3. The van der Waals surface area contributed by atoms with E-state index in [2.05, 4.69) is 16.9 Å². The van der Waals surface area contributed by atoms with E-state index in [9.17, 15) is 4.39 Å². The summed E-state index contributed by atoms with van der Waals surface area (Å²) in [7, 11) is 0. The Kier molecular flexibility index (Phi) is 3.14. The van der Waals surface area contributed by atoms with Gasteiger partial charge >= 0.3 is 0 Å². The number of aromatic nitrogens is 2. The highest BCUT2D eigenvalue weighted by molar-refractivity contribution is 5.36. The highest BCUT2D eigenvalue weighted by atomic mass is 19.1. The monoisotopic (exact) mass is 209 g/mol. The second kappa shape index (κ2) is 4.55. The highest BCUT2D eigenvalue weighted by Crippen LogP contribution is 2.24. The van der Waals surface area contributed by atoms with Crippen LogP contribution in [0.25, 0.3) is 0 Å². The SMILES string of the molecule is CCC1CCN(c2nccnc2F)CC1. The van der Waals surface area contributed by atoms with Gasteiger partial charge in [-0.25, -0.2) is 9.97 Å². The average Bonchev–Trinajstić information content (AvgIpc) is 2.30. The molecule has 15 heavy (non-hydrogen) atoms. The molecule has 0 atom stereocenters. The van der Waals surface area contributed by atoms with Crippen LogP contribution >= 0.6 is 0 Å². The van der Waals surface area contributed by atoms with Gasteiger partial charge in [-0.3, -0.25) is 0 Å². The van der Waals surface area contributed by atoms with E-state index < -0.39 is 5.95 Å². The summed E-state index contributed by atoms with van der Waals surface area (Å²) in [6.45, 7) is 4.01. The van der Waals surface area contributed by atoms with Crippen molar-refractivity contribution in [2.75, 3.05) is 18.0 Å². The molecule has 0 aliphatic carbocycles. The minimum atomic E-state index is -0.451. The molecular weight excluding hydrogens is 193 g/mol. The van der Waals surface area contributed by atoms with E-state index in [0.29, 0.717) is 5.82 Å². The first-order valence-electron chi connectivity index (χ1n) is 5.52. The lowest BCUT2D eigenvalue weighted by molar-refractivity contribution is 0.390. The summed E-state index contributed by atoms with van der Waals surface area (Å²) in [5, 5.41) is 0. The number of nitrogens with zero attached hydrogens (tertiary/aromatic N) is 3. The molecule has 0 bridgehead atoms. The van der Waals surface area contributed by atoms with Crippen LogP contribution in [0.4, 0.5) is 10.2 Å². The van der Waals surface area contributed by atoms with Gasteiger partial charge in [-0.1, -0.05) is 13.3 Å². The predicted octanol–water partition coefficient (Wildman–Crippen LogP) is 2.24. The first-order valence-corrected chi connectivity index (χ1v) is 5.52. The molecule has 0 N–H and O–H groups in total. The van der Waals surface area contributed by atoms with E-state index in [1.165, 1.54) is 12.6 Å². The number of hydrogen-bond acceptors (Lipinski definition) is 3. The Morgan fingerprint density at radius 2 is 2.00 bits per heavy atom. The Morgan fingerprint density at radius 1 is 1.33 bits per heavy atom. The lowest BCUT2D eigenvalue weighted by atomic mass is 9.94. The van der Waals surface area contributed by atoms with Crippen molar-refractivity contribution in [2.24, 2.45) is 5.92 Å². The largest absolute Gasteiger partial charge is 0.353 e. The van der Waals surface area contributed by atoms with E-state index in [0.717, 1.165) is 31.8 Å². The fourth-order valence-corrected chi connectivity index (χ4v) is 2.08. The highest BCUT2D eigenvalue weighted by Gasteiger charge is 2.21. The van der Waals surface area contributed by atoms with E-state index in [4.69, 9.17) is 0 Å². The zero-order valence-electron chi connectivity index (χ0n) is 8.99. The molecule has 1 aromatic rings. The minimum Gasteiger partial charge on any atom is -0.353 e. The van der Waals surface area contributed by atoms with Crippen molar-refractivity contribution in [2.45, 2.75) is 26.2 Å². The van der Waals surface area contributed by atoms with Crippen molar-refractivity contribution in [3.8, 4) is 0 Å². The Morgan fingerprint density at radius 3 is 2.60 bits per heavy atom. The fourth-order valence-electron chi connectivity index (χ4n) is 2.08. The standard InChI is InChI=1S/C11H16FN3/c1-2-9-3-7-15(8-4-9)11-10(12)13-5-6-14-11/h5-6,9H,2-4,7-8H2,1H3. The third-order valence-corrected chi connectivity index (χ3v) is 3.13. The van der Waals surface area contributed by atoms with Crippen LogP contribution in [0.5, 0.6) is 0 Å². The molecule has 0 saturated carbocycles. The predicted molar refractivity (Wildman–Crippen MR) is 57.2 cm³/mol. The quantitative estimate of drug-likeness (QED) is 0.748. The van der Waals surface area contributed by atoms with Crippen LogP contribution in [0.1, 0.15) is 26.2 Å². The molecule has 1 aliphatic rings. The normalized spacial score (nSPS) is 18.1. The Labute approximate surface area is 89.3 Å². The molecule has 1 fully saturated rings. The minimum absolute atomic E-state index is 0.409. The molecule has 3 nitrogen and oxygen atoms in total. The first-order chi connectivity index (χ1) is 7.31. The molecular formula is C11H16FN3. The van der Waals surface area contributed by atoms with Gasteiger partial charge in [0.25, 0.3) is 5.95 Å². The fraction of sp³-hybridized carbons (Fsp3) is 0.636. The van der Waals surface area contributed by atoms with Gasteiger partial charge in [0.1, 0.15) is 0 Å². The smallest absolute Gasteiger partial charge is 0.255 e. The number of anilines is 1. The molecule has 2 rings (SSSR count). The molecule has 0 unspecified atom stereocenters. The van der Waals surface area contributed by atoms with Crippen molar-refractivity contribution >= 4 is 5.82 Å². The molecule has 1 saturated heterocycles. The molecule has 0 spiro atoms. The van der Waals surface area contributed by atoms with Crippen LogP contribution in [-0.4, -0.2) is 23.1 Å². The summed E-state index contributed by atoms with van der Waals surface area (Å²) >= 11 is 0. The molecule has 82 valence electrons. The molecule has 0 aromatic carbocycles. The van der Waals surface area contributed by atoms with E-state index in [-0.39, 0.29) is 0 Å². The Bertz CT molecular complexity index is 321. The third-order valence-electron chi connectivity index (χ3n) is 3.13. The van der Waals surface area contributed by atoms with E-state index in [1.807, 2.05) is 4.90 Å². The van der Waals surface area contributed by atoms with Crippen molar-refractivity contribution in [1.29, 1.82) is 0 Å². The van der Waals surface area contributed by atoms with Gasteiger partial charge in [-0.05, 0) is 18.8 Å². The van der Waals surface area contributed by atoms with Crippen molar-refractivity contribution < 1.29 is 4.39 Å². The zero-order valence-corrected chi connectivity index (χ0v) is 8.99. The molecule has 2 heterocycles. The van der Waals surface area contributed by atoms with Crippen molar-refractivity contribution in [3.63, 3.8) is 0 Å². The lowest BCUT2D eigenvalue weighted by Gasteiger charge is -2.32. The zero-order chi connectivity index (χ0) is 10.7. The third kappa shape index (κ3) is 2.25. The molecule has 1 aromatic heterocycles. The van der Waals surface area contributed by atoms with Crippen LogP contribution in [-0.2, 0) is 0 Å². The van der Waals surface area contributed by atoms with Gasteiger partial charge in [-0.2, -0.15) is 4.39 Å². The lowest BCUT2D eigenvalue weighted by Crippen LogP contribution is -2.34. The summed E-state index contributed by atoms with van der Waals surface area (Å²) in [6, 6.07) is 0. The number of hydrogen-bond donors (Lipinski definition) is 0. The van der Waals surface area contributed by atoms with E-state index in [1.54, 1.807) is 6.20 Å². The van der Waals surface area contributed by atoms with Crippen LogP contribution in [0.3, 0.4) is 0 Å². The van der Waals surface area contributed by atoms with Gasteiger partial charge in [0.2, 0.25) is 0 Å². The van der Waals surface area contributed by atoms with Crippen LogP contribution in [0, 0.1) is 11.9 Å². The topological polar surface area (TPSA) is 29.0 Å². The summed E-state index contributed by atoms with van der Waals surface area (Å²) in [4.78, 5) is 9.66. The Hall–Kier alpha value is -1.19. The maximum Gasteiger partial charge on any atom is 0.255 e. The van der Waals surface area contributed by atoms with Gasteiger partial charge in [0, 0.05) is 25.5 Å². The van der Waals surface area contributed by atoms with Crippen molar-refractivity contribution in [3.05, 3.63) is 18.3 Å². The maximum atomic E-state index is 13.3. The second-order valence-corrected chi connectivity index (χ2v) is 4.01. The molecule has 0 amide bonds.